The van der Waals surface area contributed by atoms with Crippen LogP contribution in [0.25, 0.3) is 0 Å². The molecule has 0 bridgehead atoms. The third-order valence-corrected chi connectivity index (χ3v) is 6.03. The molecule has 0 aromatic carbocycles. The summed E-state index contributed by atoms with van der Waals surface area (Å²) in [4.78, 5) is 0.103. The van der Waals surface area contributed by atoms with Gasteiger partial charge in [0.15, 0.2) is 5.82 Å². The Morgan fingerprint density at radius 2 is 2.15 bits per heavy atom. The summed E-state index contributed by atoms with van der Waals surface area (Å²) < 4.78 is 34.3. The lowest BCUT2D eigenvalue weighted by atomic mass is 9.91. The molecule has 112 valence electrons. The number of anilines is 1. The van der Waals surface area contributed by atoms with Gasteiger partial charge in [0.05, 0.1) is 18.8 Å². The van der Waals surface area contributed by atoms with Crippen LogP contribution in [0.5, 0.6) is 0 Å². The van der Waals surface area contributed by atoms with Gasteiger partial charge in [-0.25, -0.2) is 8.42 Å². The predicted octanol–water partition coefficient (Wildman–Crippen LogP) is 0.334. The second-order valence-electron chi connectivity index (χ2n) is 5.43. The van der Waals surface area contributed by atoms with Crippen LogP contribution in [0, 0.1) is 0 Å². The van der Waals surface area contributed by atoms with Crippen LogP contribution in [-0.2, 0) is 21.8 Å². The van der Waals surface area contributed by atoms with Gasteiger partial charge in [-0.15, -0.1) is 0 Å². The van der Waals surface area contributed by atoms with Crippen molar-refractivity contribution < 1.29 is 13.2 Å². The highest BCUT2D eigenvalue weighted by molar-refractivity contribution is 7.89. The maximum atomic E-state index is 12.8. The number of fused-ring (bicyclic) bond motifs is 1. The van der Waals surface area contributed by atoms with Crippen molar-refractivity contribution in [2.75, 3.05) is 18.9 Å². The van der Waals surface area contributed by atoms with E-state index in [1.54, 1.807) is 11.4 Å². The first-order valence-electron chi connectivity index (χ1n) is 6.93. The standard InChI is InChI=1S/C12H20N4O3S/c1-15-8-11(12(13)14-15)20(17,18)16-6-7-19-10-5-3-2-4-9(10)16/h8-10H,2-7H2,1H3,(H2,13,14). The molecule has 2 heterocycles. The van der Waals surface area contributed by atoms with Gasteiger partial charge in [-0.2, -0.15) is 9.40 Å². The van der Waals surface area contributed by atoms with Gasteiger partial charge in [0.1, 0.15) is 4.90 Å². The highest BCUT2D eigenvalue weighted by atomic mass is 32.2. The first-order valence-corrected chi connectivity index (χ1v) is 8.37. The number of nitrogens with zero attached hydrogens (tertiary/aromatic N) is 3. The molecule has 2 atom stereocenters. The SMILES string of the molecule is Cn1cc(S(=O)(=O)N2CCOC3CCCCC32)c(N)n1. The van der Waals surface area contributed by atoms with Crippen molar-refractivity contribution in [2.45, 2.75) is 42.7 Å². The van der Waals surface area contributed by atoms with E-state index in [9.17, 15) is 8.42 Å². The summed E-state index contributed by atoms with van der Waals surface area (Å²) in [6.07, 6.45) is 5.41. The van der Waals surface area contributed by atoms with Gasteiger partial charge in [0, 0.05) is 19.8 Å². The number of rotatable bonds is 2. The van der Waals surface area contributed by atoms with Crippen LogP contribution in [0.1, 0.15) is 25.7 Å². The van der Waals surface area contributed by atoms with E-state index in [4.69, 9.17) is 10.5 Å². The van der Waals surface area contributed by atoms with Crippen LogP contribution in [0.4, 0.5) is 5.82 Å². The summed E-state index contributed by atoms with van der Waals surface area (Å²) >= 11 is 0. The number of hydrogen-bond acceptors (Lipinski definition) is 5. The molecule has 1 aromatic rings. The number of hydrogen-bond donors (Lipinski definition) is 1. The summed E-state index contributed by atoms with van der Waals surface area (Å²) in [7, 11) is -1.93. The van der Waals surface area contributed by atoms with Crippen LogP contribution >= 0.6 is 0 Å². The Morgan fingerprint density at radius 3 is 2.85 bits per heavy atom. The van der Waals surface area contributed by atoms with Crippen LogP contribution < -0.4 is 5.73 Å². The van der Waals surface area contributed by atoms with Crippen LogP contribution in [0.2, 0.25) is 0 Å². The van der Waals surface area contributed by atoms with Crippen LogP contribution in [0.15, 0.2) is 11.1 Å². The molecule has 1 saturated heterocycles. The summed E-state index contributed by atoms with van der Waals surface area (Å²) in [5.74, 6) is 0.0614. The second-order valence-corrected chi connectivity index (χ2v) is 7.29. The minimum absolute atomic E-state index is 0.0187. The van der Waals surface area contributed by atoms with Gasteiger partial charge in [-0.1, -0.05) is 12.8 Å². The molecule has 3 rings (SSSR count). The summed E-state index contributed by atoms with van der Waals surface area (Å²) in [6, 6.07) is -0.0675. The van der Waals surface area contributed by atoms with E-state index < -0.39 is 10.0 Å². The van der Waals surface area contributed by atoms with Crippen molar-refractivity contribution in [3.63, 3.8) is 0 Å². The van der Waals surface area contributed by atoms with E-state index in [0.29, 0.717) is 13.2 Å². The largest absolute Gasteiger partial charge is 0.381 e. The Balaban J connectivity index is 1.95. The Bertz CT molecular complexity index is 596. The van der Waals surface area contributed by atoms with Crippen molar-refractivity contribution in [3.05, 3.63) is 6.20 Å². The molecule has 2 unspecified atom stereocenters. The predicted molar refractivity (Wildman–Crippen MR) is 73.5 cm³/mol. The van der Waals surface area contributed by atoms with E-state index in [-0.39, 0.29) is 22.9 Å². The number of aryl methyl sites for hydroxylation is 1. The van der Waals surface area contributed by atoms with Crippen molar-refractivity contribution in [2.24, 2.45) is 7.05 Å². The Hall–Kier alpha value is -1.12. The monoisotopic (exact) mass is 300 g/mol. The number of ether oxygens (including phenoxy) is 1. The molecule has 1 aromatic heterocycles. The summed E-state index contributed by atoms with van der Waals surface area (Å²) in [5.41, 5.74) is 5.73. The average Bonchev–Trinajstić information content (AvgIpc) is 2.78. The van der Waals surface area contributed by atoms with Gasteiger partial charge >= 0.3 is 0 Å². The van der Waals surface area contributed by atoms with E-state index in [1.165, 1.54) is 10.9 Å². The van der Waals surface area contributed by atoms with Crippen molar-refractivity contribution in [3.8, 4) is 0 Å². The molecule has 1 saturated carbocycles. The van der Waals surface area contributed by atoms with Gasteiger partial charge in [0.25, 0.3) is 0 Å². The minimum atomic E-state index is -3.60. The van der Waals surface area contributed by atoms with E-state index in [2.05, 4.69) is 5.10 Å². The Kier molecular flexibility index (Phi) is 3.47. The third-order valence-electron chi connectivity index (χ3n) is 4.09. The van der Waals surface area contributed by atoms with E-state index in [0.717, 1.165) is 25.7 Å². The molecule has 1 aliphatic carbocycles. The molecule has 7 nitrogen and oxygen atoms in total. The number of nitrogens with two attached hydrogens (primary N) is 1. The molecular formula is C12H20N4O3S. The van der Waals surface area contributed by atoms with Gasteiger partial charge in [-0.05, 0) is 12.8 Å². The molecule has 2 aliphatic rings. The molecule has 0 amide bonds. The lowest BCUT2D eigenvalue weighted by molar-refractivity contribution is -0.0586. The second kappa shape index (κ2) is 5.01. The van der Waals surface area contributed by atoms with Gasteiger partial charge in [0.2, 0.25) is 10.0 Å². The van der Waals surface area contributed by atoms with Gasteiger partial charge in [-0.3, -0.25) is 4.68 Å². The van der Waals surface area contributed by atoms with Crippen molar-refractivity contribution in [1.82, 2.24) is 14.1 Å². The molecule has 8 heteroatoms. The first-order chi connectivity index (χ1) is 9.50. The van der Waals surface area contributed by atoms with Crippen molar-refractivity contribution >= 4 is 15.8 Å². The average molecular weight is 300 g/mol. The topological polar surface area (TPSA) is 90.5 Å². The minimum Gasteiger partial charge on any atom is -0.381 e. The molecule has 2 N–H and O–H groups in total. The quantitative estimate of drug-likeness (QED) is 0.850. The fourth-order valence-electron chi connectivity index (χ4n) is 3.17. The van der Waals surface area contributed by atoms with Crippen LogP contribution in [0.3, 0.4) is 0 Å². The smallest absolute Gasteiger partial charge is 0.248 e. The maximum absolute atomic E-state index is 12.8. The van der Waals surface area contributed by atoms with E-state index in [1.807, 2.05) is 0 Å². The zero-order chi connectivity index (χ0) is 14.3. The lowest BCUT2D eigenvalue weighted by Gasteiger charge is -2.42. The molecule has 0 radical (unpaired) electrons. The van der Waals surface area contributed by atoms with Crippen LogP contribution in [-0.4, -0.2) is 47.8 Å². The Morgan fingerprint density at radius 1 is 1.40 bits per heavy atom. The number of morpholine rings is 1. The number of nitrogen functional groups attached to an aromatic ring is 1. The van der Waals surface area contributed by atoms with Gasteiger partial charge < -0.3 is 10.5 Å². The third kappa shape index (κ3) is 2.21. The molecular weight excluding hydrogens is 280 g/mol. The lowest BCUT2D eigenvalue weighted by Crippen LogP contribution is -2.54. The normalized spacial score (nSPS) is 28.2. The fraction of sp³-hybridized carbons (Fsp3) is 0.750. The highest BCUT2D eigenvalue weighted by Crippen LogP contribution is 2.33. The molecule has 20 heavy (non-hydrogen) atoms. The summed E-state index contributed by atoms with van der Waals surface area (Å²) in [6.45, 7) is 0.832. The zero-order valence-corrected chi connectivity index (χ0v) is 12.3. The molecule has 0 spiro atoms. The fourth-order valence-corrected chi connectivity index (χ4v) is 4.92. The first kappa shape index (κ1) is 13.8. The molecule has 1 aliphatic heterocycles. The number of sulfonamides is 1. The zero-order valence-electron chi connectivity index (χ0n) is 11.5. The highest BCUT2D eigenvalue weighted by Gasteiger charge is 2.41. The summed E-state index contributed by atoms with van der Waals surface area (Å²) in [5, 5.41) is 3.93. The maximum Gasteiger partial charge on any atom is 0.248 e. The molecule has 2 fully saturated rings. The van der Waals surface area contributed by atoms with Crippen molar-refractivity contribution in [1.29, 1.82) is 0 Å². The Labute approximate surface area is 118 Å². The van der Waals surface area contributed by atoms with E-state index >= 15 is 0 Å². The number of aromatic nitrogens is 2.